The first-order valence-corrected chi connectivity index (χ1v) is 6.89. The van der Waals surface area contributed by atoms with Gasteiger partial charge in [0.05, 0.1) is 19.8 Å². The first-order chi connectivity index (χ1) is 7.70. The van der Waals surface area contributed by atoms with Gasteiger partial charge in [-0.15, -0.1) is 0 Å². The first kappa shape index (κ1) is 14.0. The zero-order valence-corrected chi connectivity index (χ0v) is 11.3. The van der Waals surface area contributed by atoms with E-state index in [2.05, 4.69) is 20.8 Å². The fourth-order valence-corrected chi connectivity index (χ4v) is 1.93. The van der Waals surface area contributed by atoms with E-state index >= 15 is 0 Å². The van der Waals surface area contributed by atoms with Gasteiger partial charge in [0.2, 0.25) is 0 Å². The minimum atomic E-state index is 0.378. The van der Waals surface area contributed by atoms with Crippen molar-refractivity contribution >= 4 is 0 Å². The maximum atomic E-state index is 5.75. The molecule has 1 fully saturated rings. The van der Waals surface area contributed by atoms with Crippen molar-refractivity contribution in [2.24, 2.45) is 5.41 Å². The Morgan fingerprint density at radius 1 is 1.25 bits per heavy atom. The third-order valence-corrected chi connectivity index (χ3v) is 3.64. The molecule has 0 N–H and O–H groups in total. The molecule has 96 valence electrons. The molecular formula is C14H28O2. The minimum absolute atomic E-state index is 0.378. The molecule has 1 rings (SSSR count). The predicted molar refractivity (Wildman–Crippen MR) is 67.7 cm³/mol. The van der Waals surface area contributed by atoms with E-state index in [-0.39, 0.29) is 0 Å². The average molecular weight is 228 g/mol. The number of rotatable bonds is 10. The molecule has 2 atom stereocenters. The van der Waals surface area contributed by atoms with Gasteiger partial charge in [0.1, 0.15) is 6.10 Å². The summed E-state index contributed by atoms with van der Waals surface area (Å²) in [5.41, 5.74) is 0.378. The minimum Gasteiger partial charge on any atom is -0.378 e. The van der Waals surface area contributed by atoms with Gasteiger partial charge in [-0.2, -0.15) is 0 Å². The second kappa shape index (κ2) is 7.29. The lowest BCUT2D eigenvalue weighted by Gasteiger charge is -2.28. The summed E-state index contributed by atoms with van der Waals surface area (Å²) in [6.07, 6.45) is 8.33. The maximum Gasteiger partial charge on any atom is 0.104 e. The van der Waals surface area contributed by atoms with Crippen LogP contribution in [0.2, 0.25) is 0 Å². The highest BCUT2D eigenvalue weighted by Gasteiger charge is 2.26. The summed E-state index contributed by atoms with van der Waals surface area (Å²) >= 11 is 0. The van der Waals surface area contributed by atoms with E-state index in [1.54, 1.807) is 0 Å². The average Bonchev–Trinajstić information content (AvgIpc) is 3.09. The van der Waals surface area contributed by atoms with Gasteiger partial charge in [-0.05, 0) is 18.3 Å². The molecule has 0 saturated carbocycles. The largest absolute Gasteiger partial charge is 0.378 e. The zero-order valence-electron chi connectivity index (χ0n) is 11.3. The quantitative estimate of drug-likeness (QED) is 0.419. The van der Waals surface area contributed by atoms with E-state index < -0.39 is 0 Å². The molecule has 1 saturated heterocycles. The first-order valence-electron chi connectivity index (χ1n) is 6.89. The molecule has 2 heteroatoms. The van der Waals surface area contributed by atoms with Crippen LogP contribution in [0.15, 0.2) is 0 Å². The van der Waals surface area contributed by atoms with Crippen molar-refractivity contribution < 1.29 is 9.47 Å². The summed E-state index contributed by atoms with van der Waals surface area (Å²) in [4.78, 5) is 0. The SMILES string of the molecule is CCCCCCC(C)(CC)COCC1CO1. The van der Waals surface area contributed by atoms with Crippen molar-refractivity contribution in [3.05, 3.63) is 0 Å². The molecule has 0 radical (unpaired) electrons. The van der Waals surface area contributed by atoms with E-state index in [4.69, 9.17) is 9.47 Å². The molecule has 1 heterocycles. The Labute approximate surface area is 101 Å². The Morgan fingerprint density at radius 2 is 2.00 bits per heavy atom. The topological polar surface area (TPSA) is 21.8 Å². The lowest BCUT2D eigenvalue weighted by molar-refractivity contribution is 0.0361. The van der Waals surface area contributed by atoms with E-state index in [0.29, 0.717) is 11.5 Å². The Bertz CT molecular complexity index is 178. The van der Waals surface area contributed by atoms with Gasteiger partial charge in [0, 0.05) is 0 Å². The Kier molecular flexibility index (Phi) is 6.37. The van der Waals surface area contributed by atoms with Crippen LogP contribution < -0.4 is 0 Å². The van der Waals surface area contributed by atoms with E-state index in [1.807, 2.05) is 0 Å². The van der Waals surface area contributed by atoms with Crippen LogP contribution in [-0.4, -0.2) is 25.9 Å². The zero-order chi connectivity index (χ0) is 11.9. The van der Waals surface area contributed by atoms with Crippen LogP contribution in [0.3, 0.4) is 0 Å². The molecule has 0 aromatic heterocycles. The number of hydrogen-bond donors (Lipinski definition) is 0. The van der Waals surface area contributed by atoms with Crippen molar-refractivity contribution in [1.82, 2.24) is 0 Å². The summed E-state index contributed by atoms with van der Waals surface area (Å²) in [7, 11) is 0. The normalized spacial score (nSPS) is 23.1. The Balaban J connectivity index is 2.08. The van der Waals surface area contributed by atoms with Crippen molar-refractivity contribution in [2.75, 3.05) is 19.8 Å². The van der Waals surface area contributed by atoms with Gasteiger partial charge in [0.15, 0.2) is 0 Å². The lowest BCUT2D eigenvalue weighted by atomic mass is 9.83. The van der Waals surface area contributed by atoms with Crippen LogP contribution in [0, 0.1) is 5.41 Å². The van der Waals surface area contributed by atoms with Gasteiger partial charge in [-0.1, -0.05) is 46.5 Å². The second-order valence-electron chi connectivity index (χ2n) is 5.45. The third-order valence-electron chi connectivity index (χ3n) is 3.64. The highest BCUT2D eigenvalue weighted by atomic mass is 16.6. The standard InChI is InChI=1S/C14H28O2/c1-4-6-7-8-9-14(3,5-2)12-15-10-13-11-16-13/h13H,4-12H2,1-3H3. The van der Waals surface area contributed by atoms with Gasteiger partial charge in [0.25, 0.3) is 0 Å². The van der Waals surface area contributed by atoms with Crippen molar-refractivity contribution in [1.29, 1.82) is 0 Å². The Morgan fingerprint density at radius 3 is 2.56 bits per heavy atom. The van der Waals surface area contributed by atoms with Gasteiger partial charge >= 0.3 is 0 Å². The van der Waals surface area contributed by atoms with Crippen LogP contribution in [0.4, 0.5) is 0 Å². The second-order valence-corrected chi connectivity index (χ2v) is 5.45. The van der Waals surface area contributed by atoms with Crippen molar-refractivity contribution in [3.63, 3.8) is 0 Å². The lowest BCUT2D eigenvalue weighted by Crippen LogP contribution is -2.23. The van der Waals surface area contributed by atoms with Crippen LogP contribution in [-0.2, 0) is 9.47 Å². The van der Waals surface area contributed by atoms with Crippen molar-refractivity contribution in [2.45, 2.75) is 65.4 Å². The molecule has 0 aliphatic carbocycles. The molecule has 2 nitrogen and oxygen atoms in total. The number of hydrogen-bond acceptors (Lipinski definition) is 2. The molecule has 16 heavy (non-hydrogen) atoms. The molecule has 0 aromatic carbocycles. The molecule has 1 aliphatic rings. The van der Waals surface area contributed by atoms with Crippen molar-refractivity contribution in [3.8, 4) is 0 Å². The highest BCUT2D eigenvalue weighted by molar-refractivity contribution is 4.74. The highest BCUT2D eigenvalue weighted by Crippen LogP contribution is 2.29. The summed E-state index contributed by atoms with van der Waals surface area (Å²) in [6.45, 7) is 9.49. The van der Waals surface area contributed by atoms with Crippen LogP contribution in [0.1, 0.15) is 59.3 Å². The molecule has 1 aliphatic heterocycles. The van der Waals surface area contributed by atoms with Gasteiger partial charge < -0.3 is 9.47 Å². The molecule has 0 spiro atoms. The smallest absolute Gasteiger partial charge is 0.104 e. The summed E-state index contributed by atoms with van der Waals surface area (Å²) in [5.74, 6) is 0. The number of ether oxygens (including phenoxy) is 2. The molecule has 2 unspecified atom stereocenters. The molecule has 0 aromatic rings. The number of unbranched alkanes of at least 4 members (excludes halogenated alkanes) is 3. The van der Waals surface area contributed by atoms with E-state index in [1.165, 1.54) is 38.5 Å². The van der Waals surface area contributed by atoms with Gasteiger partial charge in [-0.3, -0.25) is 0 Å². The summed E-state index contributed by atoms with van der Waals surface area (Å²) < 4.78 is 10.9. The molecule has 0 bridgehead atoms. The fourth-order valence-electron chi connectivity index (χ4n) is 1.93. The van der Waals surface area contributed by atoms with Crippen LogP contribution in [0.25, 0.3) is 0 Å². The fraction of sp³-hybridized carbons (Fsp3) is 1.00. The summed E-state index contributed by atoms with van der Waals surface area (Å²) in [5, 5.41) is 0. The third kappa shape index (κ3) is 5.86. The van der Waals surface area contributed by atoms with E-state index in [0.717, 1.165) is 19.8 Å². The van der Waals surface area contributed by atoms with Gasteiger partial charge in [-0.25, -0.2) is 0 Å². The monoisotopic (exact) mass is 228 g/mol. The Hall–Kier alpha value is -0.0800. The molecular weight excluding hydrogens is 200 g/mol. The van der Waals surface area contributed by atoms with Crippen LogP contribution >= 0.6 is 0 Å². The van der Waals surface area contributed by atoms with E-state index in [9.17, 15) is 0 Å². The van der Waals surface area contributed by atoms with Crippen LogP contribution in [0.5, 0.6) is 0 Å². The summed E-state index contributed by atoms with van der Waals surface area (Å²) in [6, 6.07) is 0. The maximum absolute atomic E-state index is 5.75. The molecule has 0 amide bonds. The number of epoxide rings is 1. The predicted octanol–water partition coefficient (Wildman–Crippen LogP) is 3.79.